The molecule has 0 fully saturated rings. The lowest BCUT2D eigenvalue weighted by atomic mass is 10.0. The van der Waals surface area contributed by atoms with Crippen molar-refractivity contribution in [3.8, 4) is 0 Å². The van der Waals surface area contributed by atoms with Gasteiger partial charge in [0.2, 0.25) is 5.91 Å². The number of halogens is 2. The first kappa shape index (κ1) is 17.8. The summed E-state index contributed by atoms with van der Waals surface area (Å²) in [7, 11) is 0. The van der Waals surface area contributed by atoms with E-state index in [-0.39, 0.29) is 23.5 Å². The lowest BCUT2D eigenvalue weighted by Crippen LogP contribution is -2.29. The quantitative estimate of drug-likeness (QED) is 0.762. The summed E-state index contributed by atoms with van der Waals surface area (Å²) >= 11 is 7.33. The second-order valence-electron chi connectivity index (χ2n) is 5.13. The molecule has 2 aromatic rings. The van der Waals surface area contributed by atoms with Gasteiger partial charge in [0.25, 0.3) is 0 Å². The van der Waals surface area contributed by atoms with Crippen LogP contribution in [0.3, 0.4) is 0 Å². The van der Waals surface area contributed by atoms with E-state index in [1.165, 1.54) is 17.8 Å². The van der Waals surface area contributed by atoms with E-state index in [1.807, 2.05) is 37.3 Å². The number of nitrogens with one attached hydrogen (secondary N) is 1. The van der Waals surface area contributed by atoms with Crippen molar-refractivity contribution in [1.29, 1.82) is 0 Å². The van der Waals surface area contributed by atoms with Crippen LogP contribution in [-0.2, 0) is 10.5 Å². The van der Waals surface area contributed by atoms with Crippen LogP contribution in [0.5, 0.6) is 0 Å². The normalized spacial score (nSPS) is 12.0. The van der Waals surface area contributed by atoms with Gasteiger partial charge in [-0.05, 0) is 24.1 Å². The predicted octanol–water partition coefficient (Wildman–Crippen LogP) is 4.98. The fourth-order valence-corrected chi connectivity index (χ4v) is 3.44. The Bertz CT molecular complexity index is 630. The summed E-state index contributed by atoms with van der Waals surface area (Å²) in [4.78, 5) is 12.1. The average Bonchev–Trinajstić information content (AvgIpc) is 2.56. The van der Waals surface area contributed by atoms with Crippen LogP contribution in [0.4, 0.5) is 4.39 Å². The first-order valence-corrected chi connectivity index (χ1v) is 9.00. The summed E-state index contributed by atoms with van der Waals surface area (Å²) in [6.45, 7) is 2.03. The smallest absolute Gasteiger partial charge is 0.230 e. The molecule has 122 valence electrons. The molecule has 0 saturated carbocycles. The van der Waals surface area contributed by atoms with Crippen molar-refractivity contribution in [3.05, 3.63) is 70.5 Å². The van der Waals surface area contributed by atoms with Gasteiger partial charge in [-0.2, -0.15) is 0 Å². The van der Waals surface area contributed by atoms with Crippen LogP contribution < -0.4 is 5.32 Å². The lowest BCUT2D eigenvalue weighted by molar-refractivity contribution is -0.119. The van der Waals surface area contributed by atoms with Gasteiger partial charge in [0.1, 0.15) is 5.82 Å². The van der Waals surface area contributed by atoms with E-state index in [9.17, 15) is 9.18 Å². The second-order valence-corrected chi connectivity index (χ2v) is 6.52. The van der Waals surface area contributed by atoms with Crippen molar-refractivity contribution in [1.82, 2.24) is 5.32 Å². The van der Waals surface area contributed by atoms with E-state index in [0.717, 1.165) is 12.0 Å². The van der Waals surface area contributed by atoms with Crippen molar-refractivity contribution >= 4 is 29.3 Å². The van der Waals surface area contributed by atoms with Crippen LogP contribution in [0, 0.1) is 5.82 Å². The van der Waals surface area contributed by atoms with Crippen molar-refractivity contribution in [2.45, 2.75) is 25.1 Å². The van der Waals surface area contributed by atoms with E-state index >= 15 is 0 Å². The topological polar surface area (TPSA) is 29.1 Å². The number of carbonyl (C=O) groups excluding carboxylic acids is 1. The number of hydrogen-bond acceptors (Lipinski definition) is 2. The van der Waals surface area contributed by atoms with Gasteiger partial charge in [-0.15, -0.1) is 11.8 Å². The minimum absolute atomic E-state index is 0.00125. The number of amides is 1. The van der Waals surface area contributed by atoms with Gasteiger partial charge < -0.3 is 5.32 Å². The number of hydrogen-bond donors (Lipinski definition) is 1. The summed E-state index contributed by atoms with van der Waals surface area (Å²) in [6.07, 6.45) is 0.819. The molecular weight excluding hydrogens is 333 g/mol. The van der Waals surface area contributed by atoms with E-state index in [2.05, 4.69) is 5.32 Å². The fraction of sp³-hybridized carbons (Fsp3) is 0.278. The molecule has 0 radical (unpaired) electrons. The van der Waals surface area contributed by atoms with E-state index in [0.29, 0.717) is 16.3 Å². The molecule has 0 aliphatic heterocycles. The largest absolute Gasteiger partial charge is 0.349 e. The van der Waals surface area contributed by atoms with Crippen molar-refractivity contribution < 1.29 is 9.18 Å². The van der Waals surface area contributed by atoms with E-state index in [1.54, 1.807) is 12.1 Å². The molecule has 0 aromatic heterocycles. The minimum atomic E-state index is -0.332. The third-order valence-electron chi connectivity index (χ3n) is 3.49. The van der Waals surface area contributed by atoms with Crippen LogP contribution in [0.2, 0.25) is 5.02 Å². The van der Waals surface area contributed by atoms with E-state index < -0.39 is 0 Å². The monoisotopic (exact) mass is 351 g/mol. The van der Waals surface area contributed by atoms with Crippen LogP contribution in [-0.4, -0.2) is 11.7 Å². The van der Waals surface area contributed by atoms with Gasteiger partial charge >= 0.3 is 0 Å². The molecular formula is C18H19ClFNOS. The first-order valence-electron chi connectivity index (χ1n) is 7.46. The fourth-order valence-electron chi connectivity index (χ4n) is 2.26. The predicted molar refractivity (Wildman–Crippen MR) is 95.2 cm³/mol. The third kappa shape index (κ3) is 5.26. The summed E-state index contributed by atoms with van der Waals surface area (Å²) < 4.78 is 13.7. The molecule has 1 atom stereocenters. The Morgan fingerprint density at radius 1 is 1.22 bits per heavy atom. The van der Waals surface area contributed by atoms with Crippen LogP contribution in [0.15, 0.2) is 48.5 Å². The van der Waals surface area contributed by atoms with Gasteiger partial charge in [-0.3, -0.25) is 4.79 Å². The highest BCUT2D eigenvalue weighted by atomic mass is 35.5. The zero-order chi connectivity index (χ0) is 16.7. The standard InChI is InChI=1S/C18H19ClFNOS/c1-2-17(13-7-4-3-5-8-13)21-18(22)12-23-11-14-15(19)9-6-10-16(14)20/h3-10,17H,2,11-12H2,1H3,(H,21,22). The Morgan fingerprint density at radius 2 is 1.96 bits per heavy atom. The zero-order valence-electron chi connectivity index (χ0n) is 12.9. The maximum Gasteiger partial charge on any atom is 0.230 e. The molecule has 1 unspecified atom stereocenters. The van der Waals surface area contributed by atoms with Crippen LogP contribution in [0.1, 0.15) is 30.5 Å². The molecule has 0 aliphatic carbocycles. The van der Waals surface area contributed by atoms with E-state index in [4.69, 9.17) is 11.6 Å². The molecule has 2 nitrogen and oxygen atoms in total. The Labute approximate surface area is 145 Å². The number of carbonyl (C=O) groups is 1. The number of thioether (sulfide) groups is 1. The molecule has 1 N–H and O–H groups in total. The summed E-state index contributed by atoms with van der Waals surface area (Å²) in [5, 5.41) is 3.41. The molecule has 0 saturated heterocycles. The van der Waals surface area contributed by atoms with Gasteiger partial charge in [0, 0.05) is 16.3 Å². The van der Waals surface area contributed by atoms with Gasteiger partial charge in [-0.25, -0.2) is 4.39 Å². The molecule has 0 aliphatic rings. The average molecular weight is 352 g/mol. The summed E-state index contributed by atoms with van der Waals surface area (Å²) in [5.74, 6) is 0.258. The molecule has 0 bridgehead atoms. The molecule has 2 rings (SSSR count). The lowest BCUT2D eigenvalue weighted by Gasteiger charge is -2.17. The van der Waals surface area contributed by atoms with Crippen molar-refractivity contribution in [2.24, 2.45) is 0 Å². The minimum Gasteiger partial charge on any atom is -0.349 e. The highest BCUT2D eigenvalue weighted by molar-refractivity contribution is 7.99. The van der Waals surface area contributed by atoms with Crippen LogP contribution >= 0.6 is 23.4 Å². The maximum atomic E-state index is 13.7. The maximum absolute atomic E-state index is 13.7. The highest BCUT2D eigenvalue weighted by Crippen LogP contribution is 2.24. The van der Waals surface area contributed by atoms with Crippen molar-refractivity contribution in [3.63, 3.8) is 0 Å². The molecule has 5 heteroatoms. The summed E-state index contributed by atoms with van der Waals surface area (Å²) in [5.41, 5.74) is 1.53. The number of benzene rings is 2. The molecule has 23 heavy (non-hydrogen) atoms. The SMILES string of the molecule is CCC(NC(=O)CSCc1c(F)cccc1Cl)c1ccccc1. The number of rotatable bonds is 7. The molecule has 0 heterocycles. The summed E-state index contributed by atoms with van der Waals surface area (Å²) in [6, 6.07) is 14.5. The van der Waals surface area contributed by atoms with Gasteiger partial charge in [-0.1, -0.05) is 54.9 Å². The van der Waals surface area contributed by atoms with Crippen LogP contribution in [0.25, 0.3) is 0 Å². The van der Waals surface area contributed by atoms with Gasteiger partial charge in [0.15, 0.2) is 0 Å². The Kier molecular flexibility index (Phi) is 6.93. The highest BCUT2D eigenvalue weighted by Gasteiger charge is 2.13. The zero-order valence-corrected chi connectivity index (χ0v) is 14.5. The molecule has 0 spiro atoms. The Morgan fingerprint density at radius 3 is 2.61 bits per heavy atom. The molecule has 2 aromatic carbocycles. The second kappa shape index (κ2) is 8.94. The first-order chi connectivity index (χ1) is 11.1. The third-order valence-corrected chi connectivity index (χ3v) is 4.80. The molecule has 1 amide bonds. The van der Waals surface area contributed by atoms with Gasteiger partial charge in [0.05, 0.1) is 11.8 Å². The Balaban J connectivity index is 1.85. The van der Waals surface area contributed by atoms with Crippen molar-refractivity contribution in [2.75, 3.05) is 5.75 Å². The Hall–Kier alpha value is -1.52.